The maximum atomic E-state index is 12.5. The molecule has 23 heavy (non-hydrogen) atoms. The third kappa shape index (κ3) is 2.67. The number of hydrogen-bond donors (Lipinski definition) is 1. The van der Waals surface area contributed by atoms with Crippen LogP contribution in [0.1, 0.15) is 15.9 Å². The van der Waals surface area contributed by atoms with E-state index in [1.807, 2.05) is 24.3 Å². The van der Waals surface area contributed by atoms with Gasteiger partial charge in [0, 0.05) is 17.7 Å². The molecule has 2 N–H and O–H groups in total. The van der Waals surface area contributed by atoms with Gasteiger partial charge >= 0.3 is 0 Å². The molecule has 0 radical (unpaired) electrons. The van der Waals surface area contributed by atoms with E-state index in [0.717, 1.165) is 16.7 Å². The van der Waals surface area contributed by atoms with Crippen molar-refractivity contribution in [1.82, 2.24) is 4.90 Å². The van der Waals surface area contributed by atoms with Crippen LogP contribution in [0.4, 0.5) is 5.69 Å². The van der Waals surface area contributed by atoms with Gasteiger partial charge in [0.05, 0.1) is 23.3 Å². The molecule has 3 rings (SSSR count). The van der Waals surface area contributed by atoms with E-state index >= 15 is 0 Å². The summed E-state index contributed by atoms with van der Waals surface area (Å²) in [6, 6.07) is 13.0. The molecule has 2 aromatic carbocycles. The van der Waals surface area contributed by atoms with E-state index < -0.39 is 0 Å². The maximum absolute atomic E-state index is 12.5. The molecule has 0 unspecified atom stereocenters. The third-order valence-corrected chi connectivity index (χ3v) is 4.23. The van der Waals surface area contributed by atoms with Crippen LogP contribution < -0.4 is 5.73 Å². The van der Waals surface area contributed by atoms with E-state index in [1.165, 1.54) is 0 Å². The number of nitriles is 1. The van der Waals surface area contributed by atoms with Crippen molar-refractivity contribution in [2.75, 3.05) is 12.3 Å². The molecule has 1 aliphatic heterocycles. The topological polar surface area (TPSA) is 70.1 Å². The highest BCUT2D eigenvalue weighted by Crippen LogP contribution is 2.34. The second kappa shape index (κ2) is 5.79. The molecular weight excluding hydrogens is 310 g/mol. The highest BCUT2D eigenvalue weighted by molar-refractivity contribution is 6.33. The van der Waals surface area contributed by atoms with E-state index in [1.54, 1.807) is 23.1 Å². The highest BCUT2D eigenvalue weighted by Gasteiger charge is 2.29. The number of amides is 1. The number of halogens is 1. The van der Waals surface area contributed by atoms with Gasteiger partial charge in [-0.1, -0.05) is 36.4 Å². The van der Waals surface area contributed by atoms with Gasteiger partial charge in [-0.25, -0.2) is 0 Å². The zero-order valence-electron chi connectivity index (χ0n) is 12.3. The van der Waals surface area contributed by atoms with Crippen molar-refractivity contribution in [3.63, 3.8) is 0 Å². The molecule has 1 amide bonds. The molecule has 4 nitrogen and oxygen atoms in total. The molecule has 0 saturated carbocycles. The second-order valence-electron chi connectivity index (χ2n) is 5.44. The number of rotatable bonds is 3. The highest BCUT2D eigenvalue weighted by atomic mass is 35.5. The van der Waals surface area contributed by atoms with Crippen LogP contribution in [0.3, 0.4) is 0 Å². The Morgan fingerprint density at radius 1 is 1.35 bits per heavy atom. The Labute approximate surface area is 139 Å². The lowest BCUT2D eigenvalue weighted by Crippen LogP contribution is -2.25. The molecule has 0 aromatic heterocycles. The average Bonchev–Trinajstić information content (AvgIpc) is 2.86. The van der Waals surface area contributed by atoms with Gasteiger partial charge in [-0.05, 0) is 34.9 Å². The minimum atomic E-state index is -0.0832. The maximum Gasteiger partial charge on any atom is 0.254 e. The predicted molar refractivity (Wildman–Crippen MR) is 90.8 cm³/mol. The zero-order chi connectivity index (χ0) is 16.6. The van der Waals surface area contributed by atoms with Crippen LogP contribution in [0.5, 0.6) is 0 Å². The summed E-state index contributed by atoms with van der Waals surface area (Å²) in [5.41, 5.74) is 10.2. The molecule has 0 aliphatic carbocycles. The summed E-state index contributed by atoms with van der Waals surface area (Å²) in [5, 5.41) is 9.38. The van der Waals surface area contributed by atoms with Crippen LogP contribution in [-0.4, -0.2) is 17.4 Å². The van der Waals surface area contributed by atoms with Crippen molar-refractivity contribution >= 4 is 23.2 Å². The summed E-state index contributed by atoms with van der Waals surface area (Å²) < 4.78 is 0. The van der Waals surface area contributed by atoms with Gasteiger partial charge in [0.2, 0.25) is 0 Å². The summed E-state index contributed by atoms with van der Waals surface area (Å²) in [5.74, 6) is -0.0832. The van der Waals surface area contributed by atoms with Crippen LogP contribution in [0, 0.1) is 11.3 Å². The van der Waals surface area contributed by atoms with Crippen LogP contribution in [0.25, 0.3) is 11.1 Å². The Balaban J connectivity index is 2.02. The first kappa shape index (κ1) is 15.1. The first-order valence-electron chi connectivity index (χ1n) is 7.05. The largest absolute Gasteiger partial charge is 0.398 e. The molecule has 0 saturated heterocycles. The van der Waals surface area contributed by atoms with E-state index in [-0.39, 0.29) is 12.5 Å². The van der Waals surface area contributed by atoms with E-state index in [2.05, 4.69) is 6.58 Å². The van der Waals surface area contributed by atoms with Crippen LogP contribution in [0.2, 0.25) is 5.02 Å². The number of benzene rings is 2. The summed E-state index contributed by atoms with van der Waals surface area (Å²) in [6.07, 6.45) is 0. The van der Waals surface area contributed by atoms with E-state index in [9.17, 15) is 4.79 Å². The summed E-state index contributed by atoms with van der Waals surface area (Å²) in [6.45, 7) is 4.34. The number of carbonyl (C=O) groups excluding carboxylic acids is 1. The fraction of sp³-hybridized carbons (Fsp3) is 0.111. The Bertz CT molecular complexity index is 867. The Morgan fingerprint density at radius 2 is 2.09 bits per heavy atom. The molecule has 0 atom stereocenters. The summed E-state index contributed by atoms with van der Waals surface area (Å²) in [7, 11) is 0. The molecule has 114 valence electrons. The number of nitrogens with two attached hydrogens (primary N) is 1. The summed E-state index contributed by atoms with van der Waals surface area (Å²) in [4.78, 5) is 14.1. The first-order valence-corrected chi connectivity index (χ1v) is 7.43. The molecule has 5 heteroatoms. The number of nitrogens with zero attached hydrogens (tertiary/aromatic N) is 2. The average molecular weight is 324 g/mol. The summed E-state index contributed by atoms with van der Waals surface area (Å²) >= 11 is 5.98. The van der Waals surface area contributed by atoms with Gasteiger partial charge in [0.25, 0.3) is 5.91 Å². The molecule has 1 aliphatic rings. The van der Waals surface area contributed by atoms with Crippen molar-refractivity contribution in [2.45, 2.75) is 6.54 Å². The fourth-order valence-corrected chi connectivity index (χ4v) is 2.88. The lowest BCUT2D eigenvalue weighted by atomic mass is 9.97. The first-order chi connectivity index (χ1) is 11.0. The lowest BCUT2D eigenvalue weighted by molar-refractivity contribution is 0.0794. The van der Waals surface area contributed by atoms with Crippen molar-refractivity contribution < 1.29 is 4.79 Å². The smallest absolute Gasteiger partial charge is 0.254 e. The number of fused-ring (bicyclic) bond motifs is 1. The van der Waals surface area contributed by atoms with E-state index in [0.29, 0.717) is 28.4 Å². The van der Waals surface area contributed by atoms with Crippen LogP contribution in [0.15, 0.2) is 48.6 Å². The van der Waals surface area contributed by atoms with Gasteiger partial charge in [-0.15, -0.1) is 0 Å². The van der Waals surface area contributed by atoms with Gasteiger partial charge in [0.1, 0.15) is 0 Å². The van der Waals surface area contributed by atoms with Crippen molar-refractivity contribution in [2.24, 2.45) is 0 Å². The van der Waals surface area contributed by atoms with E-state index in [4.69, 9.17) is 22.6 Å². The number of nitrogen functional groups attached to an aromatic ring is 1. The Kier molecular flexibility index (Phi) is 3.81. The van der Waals surface area contributed by atoms with Crippen LogP contribution in [-0.2, 0) is 6.54 Å². The zero-order valence-corrected chi connectivity index (χ0v) is 13.1. The normalized spacial score (nSPS) is 12.9. The molecule has 0 fully saturated rings. The molecule has 0 bridgehead atoms. The fourth-order valence-electron chi connectivity index (χ4n) is 2.77. The third-order valence-electron chi connectivity index (χ3n) is 3.89. The minimum Gasteiger partial charge on any atom is -0.398 e. The van der Waals surface area contributed by atoms with Crippen molar-refractivity contribution in [3.8, 4) is 17.2 Å². The Hall–Kier alpha value is -2.77. The quantitative estimate of drug-likeness (QED) is 0.692. The van der Waals surface area contributed by atoms with Gasteiger partial charge in [0.15, 0.2) is 0 Å². The molecular formula is C18H14ClN3O. The lowest BCUT2D eigenvalue weighted by Gasteiger charge is -2.14. The number of hydrogen-bond acceptors (Lipinski definition) is 3. The van der Waals surface area contributed by atoms with Gasteiger partial charge in [-0.3, -0.25) is 4.79 Å². The SMILES string of the molecule is C=C(C#N)CN1Cc2c(cccc2-c2ccc(Cl)c(N)c2)C1=O. The van der Waals surface area contributed by atoms with Gasteiger partial charge < -0.3 is 10.6 Å². The van der Waals surface area contributed by atoms with Crippen molar-refractivity contribution in [1.29, 1.82) is 5.26 Å². The van der Waals surface area contributed by atoms with Crippen LogP contribution >= 0.6 is 11.6 Å². The number of anilines is 1. The number of carbonyl (C=O) groups is 1. The molecule has 2 aromatic rings. The standard InChI is InChI=1S/C18H14ClN3O/c1-11(8-20)9-22-10-15-13(3-2-4-14(15)18(22)23)12-5-6-16(19)17(21)7-12/h2-7H,1,9-10,21H2. The van der Waals surface area contributed by atoms with Gasteiger partial charge in [-0.2, -0.15) is 5.26 Å². The predicted octanol–water partition coefficient (Wildman–Crippen LogP) is 3.62. The Morgan fingerprint density at radius 3 is 2.78 bits per heavy atom. The monoisotopic (exact) mass is 323 g/mol. The van der Waals surface area contributed by atoms with Crippen molar-refractivity contribution in [3.05, 3.63) is 64.7 Å². The molecule has 1 heterocycles. The molecule has 0 spiro atoms. The second-order valence-corrected chi connectivity index (χ2v) is 5.85. The minimum absolute atomic E-state index is 0.0832.